The Hall–Kier alpha value is -3.45. The molecule has 0 unspecified atom stereocenters. The van der Waals surface area contributed by atoms with Crippen molar-refractivity contribution in [1.29, 1.82) is 0 Å². The van der Waals surface area contributed by atoms with Crippen molar-refractivity contribution < 1.29 is 18.7 Å². The van der Waals surface area contributed by atoms with E-state index in [0.29, 0.717) is 17.1 Å². The summed E-state index contributed by atoms with van der Waals surface area (Å²) in [6.07, 6.45) is 0. The first kappa shape index (κ1) is 21.8. The van der Waals surface area contributed by atoms with Crippen LogP contribution in [-0.2, 0) is 11.3 Å². The molecular weight excluding hydrogens is 475 g/mol. The van der Waals surface area contributed by atoms with E-state index in [1.807, 2.05) is 47.9 Å². The molecule has 0 N–H and O–H groups in total. The summed E-state index contributed by atoms with van der Waals surface area (Å²) in [6.45, 7) is 2.05. The monoisotopic (exact) mass is 494 g/mol. The van der Waals surface area contributed by atoms with Crippen LogP contribution in [0, 0.1) is 12.7 Å². The van der Waals surface area contributed by atoms with Crippen molar-refractivity contribution in [2.75, 3.05) is 7.11 Å². The number of methoxy groups -OCH3 is 1. The average molecular weight is 495 g/mol. The quantitative estimate of drug-likeness (QED) is 0.303. The van der Waals surface area contributed by atoms with Gasteiger partial charge in [0.1, 0.15) is 24.0 Å². The molecule has 32 heavy (non-hydrogen) atoms. The van der Waals surface area contributed by atoms with E-state index in [4.69, 9.17) is 9.47 Å². The van der Waals surface area contributed by atoms with Gasteiger partial charge in [0.15, 0.2) is 5.69 Å². The Morgan fingerprint density at radius 2 is 1.88 bits per heavy atom. The standard InChI is InChI=1S/C25H20BrFN2O3/c1-16-10-12-22(29(16)24-9-5-8-21(28-24)25(30)31-2)19-14-18(26)11-13-23(19)32-15-17-6-3-4-7-20(17)27/h3-14H,15H2,1-2H3. The fourth-order valence-electron chi connectivity index (χ4n) is 3.42. The Labute approximate surface area is 193 Å². The van der Waals surface area contributed by atoms with Gasteiger partial charge < -0.3 is 9.47 Å². The van der Waals surface area contributed by atoms with Crippen LogP contribution in [0.3, 0.4) is 0 Å². The smallest absolute Gasteiger partial charge is 0.356 e. The van der Waals surface area contributed by atoms with Crippen molar-refractivity contribution in [2.24, 2.45) is 0 Å². The molecule has 0 aliphatic rings. The number of benzene rings is 2. The van der Waals surface area contributed by atoms with E-state index in [1.165, 1.54) is 13.2 Å². The number of aromatic nitrogens is 2. The molecule has 0 radical (unpaired) electrons. The third-order valence-corrected chi connectivity index (χ3v) is 5.49. The van der Waals surface area contributed by atoms with E-state index in [0.717, 1.165) is 21.4 Å². The van der Waals surface area contributed by atoms with Gasteiger partial charge in [0.05, 0.1) is 12.8 Å². The van der Waals surface area contributed by atoms with Crippen molar-refractivity contribution in [1.82, 2.24) is 9.55 Å². The molecule has 0 saturated carbocycles. The number of halogens is 2. The minimum atomic E-state index is -0.505. The number of ether oxygens (including phenoxy) is 2. The fourth-order valence-corrected chi connectivity index (χ4v) is 3.78. The number of aryl methyl sites for hydroxylation is 1. The molecule has 0 aliphatic carbocycles. The van der Waals surface area contributed by atoms with Gasteiger partial charge in [0, 0.05) is 21.3 Å². The molecule has 5 nitrogen and oxygen atoms in total. The summed E-state index contributed by atoms with van der Waals surface area (Å²) in [4.78, 5) is 16.4. The van der Waals surface area contributed by atoms with Gasteiger partial charge in [-0.2, -0.15) is 0 Å². The van der Waals surface area contributed by atoms with Crippen molar-refractivity contribution in [3.05, 3.63) is 100 Å². The van der Waals surface area contributed by atoms with E-state index in [-0.39, 0.29) is 18.1 Å². The van der Waals surface area contributed by atoms with E-state index in [2.05, 4.69) is 20.9 Å². The van der Waals surface area contributed by atoms with Crippen LogP contribution in [0.25, 0.3) is 17.1 Å². The van der Waals surface area contributed by atoms with E-state index >= 15 is 0 Å². The first-order valence-electron chi connectivity index (χ1n) is 9.88. The zero-order valence-corrected chi connectivity index (χ0v) is 19.1. The van der Waals surface area contributed by atoms with Crippen LogP contribution in [-0.4, -0.2) is 22.6 Å². The lowest BCUT2D eigenvalue weighted by Gasteiger charge is -2.16. The summed E-state index contributed by atoms with van der Waals surface area (Å²) in [6, 6.07) is 21.3. The van der Waals surface area contributed by atoms with Gasteiger partial charge in [-0.05, 0) is 55.5 Å². The maximum atomic E-state index is 14.1. The maximum Gasteiger partial charge on any atom is 0.356 e. The Morgan fingerprint density at radius 1 is 1.06 bits per heavy atom. The lowest BCUT2D eigenvalue weighted by Crippen LogP contribution is -2.09. The molecule has 0 spiro atoms. The number of carbonyl (C=O) groups excluding carboxylic acids is 1. The van der Waals surface area contributed by atoms with Gasteiger partial charge in [-0.1, -0.05) is 40.2 Å². The van der Waals surface area contributed by atoms with E-state index < -0.39 is 5.97 Å². The SMILES string of the molecule is COC(=O)c1cccc(-n2c(C)ccc2-c2cc(Br)ccc2OCc2ccccc2F)n1. The molecule has 0 bridgehead atoms. The number of nitrogens with zero attached hydrogens (tertiary/aromatic N) is 2. The minimum absolute atomic E-state index is 0.0943. The fraction of sp³-hybridized carbons (Fsp3) is 0.120. The molecule has 2 aromatic heterocycles. The number of hydrogen-bond acceptors (Lipinski definition) is 4. The highest BCUT2D eigenvalue weighted by Gasteiger charge is 2.17. The highest BCUT2D eigenvalue weighted by molar-refractivity contribution is 9.10. The topological polar surface area (TPSA) is 53.4 Å². The van der Waals surface area contributed by atoms with Gasteiger partial charge in [-0.25, -0.2) is 14.2 Å². The first-order valence-corrected chi connectivity index (χ1v) is 10.7. The first-order chi connectivity index (χ1) is 15.5. The zero-order chi connectivity index (χ0) is 22.7. The van der Waals surface area contributed by atoms with Crippen LogP contribution >= 0.6 is 15.9 Å². The third kappa shape index (κ3) is 4.43. The number of rotatable bonds is 6. The van der Waals surface area contributed by atoms with Crippen molar-refractivity contribution in [3.63, 3.8) is 0 Å². The number of esters is 1. The number of pyridine rings is 1. The normalized spacial score (nSPS) is 10.8. The summed E-state index contributed by atoms with van der Waals surface area (Å²) >= 11 is 3.53. The molecule has 0 aliphatic heterocycles. The highest BCUT2D eigenvalue weighted by atomic mass is 79.9. The summed E-state index contributed by atoms with van der Waals surface area (Å²) in [5.41, 5.74) is 3.24. The molecular formula is C25H20BrFN2O3. The Balaban J connectivity index is 1.76. The second-order valence-electron chi connectivity index (χ2n) is 7.09. The summed E-state index contributed by atoms with van der Waals surface area (Å²) in [7, 11) is 1.32. The molecule has 0 atom stereocenters. The van der Waals surface area contributed by atoms with Crippen molar-refractivity contribution in [3.8, 4) is 22.8 Å². The molecule has 7 heteroatoms. The zero-order valence-electron chi connectivity index (χ0n) is 17.5. The van der Waals surface area contributed by atoms with Crippen molar-refractivity contribution >= 4 is 21.9 Å². The van der Waals surface area contributed by atoms with Gasteiger partial charge in [-0.3, -0.25) is 4.57 Å². The summed E-state index contributed by atoms with van der Waals surface area (Å²) in [5.74, 6) is 0.356. The molecule has 2 heterocycles. The van der Waals surface area contributed by atoms with Gasteiger partial charge in [0.25, 0.3) is 0 Å². The maximum absolute atomic E-state index is 14.1. The third-order valence-electron chi connectivity index (χ3n) is 4.99. The van der Waals surface area contributed by atoms with E-state index in [1.54, 1.807) is 30.3 Å². The van der Waals surface area contributed by atoms with Gasteiger partial charge in [-0.15, -0.1) is 0 Å². The largest absolute Gasteiger partial charge is 0.488 e. The molecule has 162 valence electrons. The summed E-state index contributed by atoms with van der Waals surface area (Å²) < 4.78 is 27.7. The van der Waals surface area contributed by atoms with Crippen LogP contribution in [0.15, 0.2) is 77.3 Å². The average Bonchev–Trinajstić information content (AvgIpc) is 3.19. The minimum Gasteiger partial charge on any atom is -0.488 e. The number of hydrogen-bond donors (Lipinski definition) is 0. The Kier molecular flexibility index (Phi) is 6.37. The van der Waals surface area contributed by atoms with Gasteiger partial charge in [0.2, 0.25) is 0 Å². The second-order valence-corrected chi connectivity index (χ2v) is 8.00. The van der Waals surface area contributed by atoms with Gasteiger partial charge >= 0.3 is 5.97 Å². The predicted molar refractivity (Wildman–Crippen MR) is 124 cm³/mol. The number of carbonyl (C=O) groups is 1. The molecule has 0 fully saturated rings. The molecule has 0 saturated heterocycles. The predicted octanol–water partition coefficient (Wildman–Crippen LogP) is 6.11. The molecule has 4 rings (SSSR count). The highest BCUT2D eigenvalue weighted by Crippen LogP contribution is 2.36. The van der Waals surface area contributed by atoms with Crippen molar-refractivity contribution in [2.45, 2.75) is 13.5 Å². The lowest BCUT2D eigenvalue weighted by molar-refractivity contribution is 0.0594. The van der Waals surface area contributed by atoms with Crippen LogP contribution < -0.4 is 4.74 Å². The van der Waals surface area contributed by atoms with Crippen LogP contribution in [0.2, 0.25) is 0 Å². The van der Waals surface area contributed by atoms with Crippen LogP contribution in [0.5, 0.6) is 5.75 Å². The second kappa shape index (κ2) is 9.36. The van der Waals surface area contributed by atoms with E-state index in [9.17, 15) is 9.18 Å². The molecule has 4 aromatic rings. The molecule has 2 aromatic carbocycles. The van der Waals surface area contributed by atoms with Crippen LogP contribution in [0.1, 0.15) is 21.7 Å². The Bertz CT molecular complexity index is 1290. The lowest BCUT2D eigenvalue weighted by atomic mass is 10.1. The Morgan fingerprint density at radius 3 is 2.66 bits per heavy atom. The summed E-state index contributed by atoms with van der Waals surface area (Å²) in [5, 5.41) is 0. The van der Waals surface area contributed by atoms with Crippen LogP contribution in [0.4, 0.5) is 4.39 Å². The molecule has 0 amide bonds.